The molecule has 2 nitrogen and oxygen atoms in total. The Hall–Kier alpha value is -1.02. The fraction of sp³-hybridized carbons (Fsp3) is 0.600. The predicted octanol–water partition coefficient (Wildman–Crippen LogP) is 3.15. The van der Waals surface area contributed by atoms with Crippen molar-refractivity contribution in [3.05, 3.63) is 29.8 Å². The van der Waals surface area contributed by atoms with E-state index in [1.807, 2.05) is 12.1 Å². The van der Waals surface area contributed by atoms with E-state index in [9.17, 15) is 0 Å². The minimum Gasteiger partial charge on any atom is -0.497 e. The summed E-state index contributed by atoms with van der Waals surface area (Å²) in [4.78, 5) is 0. The van der Waals surface area contributed by atoms with Crippen molar-refractivity contribution in [1.29, 1.82) is 0 Å². The van der Waals surface area contributed by atoms with E-state index in [0.29, 0.717) is 11.5 Å². The molecule has 0 amide bonds. The molecular formula is C15H23NO. The molecular weight excluding hydrogens is 210 g/mol. The van der Waals surface area contributed by atoms with Crippen molar-refractivity contribution < 1.29 is 4.74 Å². The Morgan fingerprint density at radius 1 is 1.35 bits per heavy atom. The van der Waals surface area contributed by atoms with Crippen LogP contribution >= 0.6 is 0 Å². The van der Waals surface area contributed by atoms with Crippen molar-refractivity contribution in [1.82, 2.24) is 0 Å². The molecule has 0 radical (unpaired) electrons. The third-order valence-corrected chi connectivity index (χ3v) is 4.05. The number of hydrogen-bond donors (Lipinski definition) is 1. The molecule has 0 heterocycles. The summed E-state index contributed by atoms with van der Waals surface area (Å²) in [7, 11) is 1.70. The molecule has 0 bridgehead atoms. The van der Waals surface area contributed by atoms with Crippen LogP contribution in [0.2, 0.25) is 0 Å². The maximum Gasteiger partial charge on any atom is 0.118 e. The summed E-state index contributed by atoms with van der Waals surface area (Å²) < 4.78 is 5.16. The Kier molecular flexibility index (Phi) is 3.72. The minimum absolute atomic E-state index is 0.427. The van der Waals surface area contributed by atoms with Crippen molar-refractivity contribution in [2.45, 2.75) is 45.1 Å². The monoisotopic (exact) mass is 233 g/mol. The molecule has 17 heavy (non-hydrogen) atoms. The third-order valence-electron chi connectivity index (χ3n) is 4.05. The van der Waals surface area contributed by atoms with Gasteiger partial charge in [-0.15, -0.1) is 0 Å². The molecule has 0 aromatic heterocycles. The molecule has 1 fully saturated rings. The highest BCUT2D eigenvalue weighted by atomic mass is 16.5. The van der Waals surface area contributed by atoms with Gasteiger partial charge in [0.15, 0.2) is 0 Å². The normalized spacial score (nSPS) is 28.3. The lowest BCUT2D eigenvalue weighted by molar-refractivity contribution is 0.304. The number of methoxy groups -OCH3 is 1. The molecule has 2 unspecified atom stereocenters. The first-order valence-corrected chi connectivity index (χ1v) is 6.50. The summed E-state index contributed by atoms with van der Waals surface area (Å²) in [6.07, 6.45) is 6.05. The van der Waals surface area contributed by atoms with Gasteiger partial charge in [-0.1, -0.05) is 19.1 Å². The van der Waals surface area contributed by atoms with E-state index in [1.165, 1.54) is 31.2 Å². The van der Waals surface area contributed by atoms with Crippen LogP contribution in [0.3, 0.4) is 0 Å². The molecule has 94 valence electrons. The van der Waals surface area contributed by atoms with Crippen molar-refractivity contribution in [2.75, 3.05) is 7.11 Å². The molecule has 1 aliphatic rings. The van der Waals surface area contributed by atoms with Crippen molar-refractivity contribution in [3.63, 3.8) is 0 Å². The molecule has 1 aliphatic carbocycles. The first kappa shape index (κ1) is 12.4. The fourth-order valence-corrected chi connectivity index (χ4v) is 2.84. The summed E-state index contributed by atoms with van der Waals surface area (Å²) >= 11 is 0. The summed E-state index contributed by atoms with van der Waals surface area (Å²) in [6.45, 7) is 2.38. The maximum atomic E-state index is 6.00. The fourth-order valence-electron chi connectivity index (χ4n) is 2.84. The van der Waals surface area contributed by atoms with Crippen LogP contribution in [0, 0.1) is 5.41 Å². The smallest absolute Gasteiger partial charge is 0.118 e. The second-order valence-corrected chi connectivity index (χ2v) is 5.66. The molecule has 1 saturated carbocycles. The van der Waals surface area contributed by atoms with Crippen molar-refractivity contribution >= 4 is 0 Å². The van der Waals surface area contributed by atoms with Gasteiger partial charge in [-0.05, 0) is 55.2 Å². The van der Waals surface area contributed by atoms with Crippen molar-refractivity contribution in [2.24, 2.45) is 11.1 Å². The zero-order valence-electron chi connectivity index (χ0n) is 10.9. The summed E-state index contributed by atoms with van der Waals surface area (Å²) in [5.74, 6) is 0.933. The number of hydrogen-bond acceptors (Lipinski definition) is 2. The van der Waals surface area contributed by atoms with E-state index in [2.05, 4.69) is 19.1 Å². The highest BCUT2D eigenvalue weighted by molar-refractivity contribution is 5.27. The molecule has 2 heteroatoms. The van der Waals surface area contributed by atoms with Crippen LogP contribution in [0.1, 0.15) is 38.2 Å². The predicted molar refractivity (Wildman–Crippen MR) is 71.2 cm³/mol. The van der Waals surface area contributed by atoms with Gasteiger partial charge in [-0.25, -0.2) is 0 Å². The lowest BCUT2D eigenvalue weighted by atomic mass is 9.82. The quantitative estimate of drug-likeness (QED) is 0.867. The largest absolute Gasteiger partial charge is 0.497 e. The maximum absolute atomic E-state index is 6.00. The molecule has 1 aromatic rings. The van der Waals surface area contributed by atoms with Crippen LogP contribution in [0.15, 0.2) is 24.3 Å². The highest BCUT2D eigenvalue weighted by Gasteiger charge is 2.32. The molecule has 0 saturated heterocycles. The van der Waals surface area contributed by atoms with E-state index in [0.717, 1.165) is 12.2 Å². The van der Waals surface area contributed by atoms with E-state index < -0.39 is 0 Å². The van der Waals surface area contributed by atoms with Gasteiger partial charge < -0.3 is 10.5 Å². The summed E-state index contributed by atoms with van der Waals surface area (Å²) in [5.41, 5.74) is 7.85. The SMILES string of the molecule is COc1ccc(CCC2(C)CCC(N)C2)cc1. The molecule has 1 aromatic carbocycles. The summed E-state index contributed by atoms with van der Waals surface area (Å²) in [5, 5.41) is 0. The van der Waals surface area contributed by atoms with Crippen LogP contribution in [0.25, 0.3) is 0 Å². The van der Waals surface area contributed by atoms with E-state index in [4.69, 9.17) is 10.5 Å². The second-order valence-electron chi connectivity index (χ2n) is 5.66. The number of aryl methyl sites for hydroxylation is 1. The lowest BCUT2D eigenvalue weighted by Gasteiger charge is -2.23. The first-order chi connectivity index (χ1) is 8.11. The topological polar surface area (TPSA) is 35.2 Å². The second kappa shape index (κ2) is 5.09. The Labute approximate surface area is 104 Å². The zero-order chi connectivity index (χ0) is 12.3. The van der Waals surface area contributed by atoms with Crippen LogP contribution in [-0.4, -0.2) is 13.2 Å². The molecule has 2 atom stereocenters. The third kappa shape index (κ3) is 3.22. The Morgan fingerprint density at radius 3 is 2.59 bits per heavy atom. The van der Waals surface area contributed by atoms with Gasteiger partial charge in [-0.2, -0.15) is 0 Å². The van der Waals surface area contributed by atoms with E-state index in [1.54, 1.807) is 7.11 Å². The van der Waals surface area contributed by atoms with Gasteiger partial charge in [0.1, 0.15) is 5.75 Å². The minimum atomic E-state index is 0.427. The molecule has 2 rings (SSSR count). The van der Waals surface area contributed by atoms with Gasteiger partial charge in [0, 0.05) is 6.04 Å². The van der Waals surface area contributed by atoms with Crippen molar-refractivity contribution in [3.8, 4) is 5.75 Å². The molecule has 2 N–H and O–H groups in total. The Morgan fingerprint density at radius 2 is 2.06 bits per heavy atom. The van der Waals surface area contributed by atoms with Gasteiger partial charge in [-0.3, -0.25) is 0 Å². The number of ether oxygens (including phenoxy) is 1. The standard InChI is InChI=1S/C15H23NO/c1-15(10-8-13(16)11-15)9-7-12-3-5-14(17-2)6-4-12/h3-6,13H,7-11,16H2,1-2H3. The summed E-state index contributed by atoms with van der Waals surface area (Å²) in [6, 6.07) is 8.83. The van der Waals surface area contributed by atoms with E-state index >= 15 is 0 Å². The number of nitrogens with two attached hydrogens (primary N) is 1. The average molecular weight is 233 g/mol. The molecule has 0 spiro atoms. The van der Waals surface area contributed by atoms with Gasteiger partial charge >= 0.3 is 0 Å². The van der Waals surface area contributed by atoms with Crippen LogP contribution in [0.5, 0.6) is 5.75 Å². The first-order valence-electron chi connectivity index (χ1n) is 6.50. The Bertz CT molecular complexity index is 360. The van der Waals surface area contributed by atoms with E-state index in [-0.39, 0.29) is 0 Å². The van der Waals surface area contributed by atoms with Gasteiger partial charge in [0.2, 0.25) is 0 Å². The molecule has 0 aliphatic heterocycles. The number of benzene rings is 1. The van der Waals surface area contributed by atoms with Crippen LogP contribution in [0.4, 0.5) is 0 Å². The number of rotatable bonds is 4. The van der Waals surface area contributed by atoms with Crippen LogP contribution < -0.4 is 10.5 Å². The lowest BCUT2D eigenvalue weighted by Crippen LogP contribution is -2.19. The highest BCUT2D eigenvalue weighted by Crippen LogP contribution is 2.40. The Balaban J connectivity index is 1.89. The average Bonchev–Trinajstić information content (AvgIpc) is 2.68. The van der Waals surface area contributed by atoms with Gasteiger partial charge in [0.25, 0.3) is 0 Å². The zero-order valence-corrected chi connectivity index (χ0v) is 10.9. The van der Waals surface area contributed by atoms with Crippen LogP contribution in [-0.2, 0) is 6.42 Å². The van der Waals surface area contributed by atoms with Gasteiger partial charge in [0.05, 0.1) is 7.11 Å².